The number of carbonyl (C=O) groups excluding carboxylic acids is 2. The van der Waals surface area contributed by atoms with Gasteiger partial charge in [-0.2, -0.15) is 0 Å². The molecule has 0 unspecified atom stereocenters. The number of amides is 2. The molecule has 4 rings (SSSR count). The number of likely N-dealkylation sites (tertiary alicyclic amines) is 1. The molecule has 0 spiro atoms. The Hall–Kier alpha value is -3.29. The van der Waals surface area contributed by atoms with Gasteiger partial charge in [0.25, 0.3) is 0 Å². The Balaban J connectivity index is 1.50. The van der Waals surface area contributed by atoms with E-state index in [9.17, 15) is 14.0 Å². The molecule has 3 aromatic rings. The van der Waals surface area contributed by atoms with Crippen LogP contribution in [0.15, 0.2) is 66.7 Å². The van der Waals surface area contributed by atoms with Crippen molar-refractivity contribution in [2.45, 2.75) is 13.0 Å². The Morgan fingerprint density at radius 3 is 2.36 bits per heavy atom. The number of halogens is 1. The molecule has 0 aromatic heterocycles. The standard InChI is InChI=1S/C26H28FN3O3/c27-23-7-9-24(10-8-23)29-26(33)22-14-21(25(32)28-11-12-31)16-30(17-22)15-18-5-6-19-3-1-2-4-20(19)13-18/h1-10,13,21-22,31H,11-12,14-17H2,(H,28,32)(H,29,33)/t21-,22+/m0/s1. The second kappa shape index (κ2) is 10.6. The van der Waals surface area contributed by atoms with Crippen molar-refractivity contribution >= 4 is 28.3 Å². The van der Waals surface area contributed by atoms with Crippen LogP contribution in [-0.2, 0) is 16.1 Å². The van der Waals surface area contributed by atoms with Gasteiger partial charge in [0.05, 0.1) is 18.4 Å². The third-order valence-corrected chi connectivity index (χ3v) is 6.01. The highest BCUT2D eigenvalue weighted by Gasteiger charge is 2.35. The van der Waals surface area contributed by atoms with E-state index in [4.69, 9.17) is 5.11 Å². The van der Waals surface area contributed by atoms with Gasteiger partial charge in [0.15, 0.2) is 0 Å². The summed E-state index contributed by atoms with van der Waals surface area (Å²) in [5, 5.41) is 17.0. The van der Waals surface area contributed by atoms with E-state index in [1.165, 1.54) is 24.3 Å². The van der Waals surface area contributed by atoms with Crippen LogP contribution in [0, 0.1) is 17.7 Å². The van der Waals surface area contributed by atoms with Gasteiger partial charge in [-0.25, -0.2) is 4.39 Å². The van der Waals surface area contributed by atoms with Crippen molar-refractivity contribution < 1.29 is 19.1 Å². The first-order valence-corrected chi connectivity index (χ1v) is 11.2. The fourth-order valence-electron chi connectivity index (χ4n) is 4.40. The van der Waals surface area contributed by atoms with Gasteiger partial charge in [0, 0.05) is 31.9 Å². The van der Waals surface area contributed by atoms with Crippen molar-refractivity contribution in [1.29, 1.82) is 0 Å². The molecule has 1 aliphatic heterocycles. The molecular formula is C26H28FN3O3. The number of hydrogen-bond donors (Lipinski definition) is 3. The summed E-state index contributed by atoms with van der Waals surface area (Å²) in [6, 6.07) is 20.1. The van der Waals surface area contributed by atoms with Gasteiger partial charge in [0.1, 0.15) is 5.82 Å². The first-order chi connectivity index (χ1) is 16.0. The van der Waals surface area contributed by atoms with Crippen molar-refractivity contribution in [3.05, 3.63) is 78.1 Å². The van der Waals surface area contributed by atoms with Gasteiger partial charge in [-0.1, -0.05) is 36.4 Å². The maximum absolute atomic E-state index is 13.2. The lowest BCUT2D eigenvalue weighted by molar-refractivity contribution is -0.130. The number of nitrogens with zero attached hydrogens (tertiary/aromatic N) is 1. The van der Waals surface area contributed by atoms with Crippen LogP contribution < -0.4 is 10.6 Å². The third-order valence-electron chi connectivity index (χ3n) is 6.01. The van der Waals surface area contributed by atoms with Crippen LogP contribution in [0.5, 0.6) is 0 Å². The van der Waals surface area contributed by atoms with Gasteiger partial charge in [-0.15, -0.1) is 0 Å². The maximum Gasteiger partial charge on any atom is 0.228 e. The van der Waals surface area contributed by atoms with Crippen molar-refractivity contribution in [2.75, 3.05) is 31.6 Å². The SMILES string of the molecule is O=C(NCCO)[C@H]1C[C@@H](C(=O)Nc2ccc(F)cc2)CN(Cc2ccc3ccccc3c2)C1. The van der Waals surface area contributed by atoms with E-state index < -0.39 is 5.92 Å². The molecule has 3 aromatic carbocycles. The molecule has 172 valence electrons. The number of nitrogens with one attached hydrogen (secondary N) is 2. The largest absolute Gasteiger partial charge is 0.395 e. The summed E-state index contributed by atoms with van der Waals surface area (Å²) in [6.45, 7) is 1.73. The molecule has 0 bridgehead atoms. The van der Waals surface area contributed by atoms with Gasteiger partial charge in [-0.05, 0) is 53.1 Å². The normalized spacial score (nSPS) is 18.7. The van der Waals surface area contributed by atoms with Crippen molar-refractivity contribution in [2.24, 2.45) is 11.8 Å². The topological polar surface area (TPSA) is 81.7 Å². The highest BCUT2D eigenvalue weighted by atomic mass is 19.1. The zero-order valence-corrected chi connectivity index (χ0v) is 18.3. The number of fused-ring (bicyclic) bond motifs is 1. The van der Waals surface area contributed by atoms with Crippen LogP contribution >= 0.6 is 0 Å². The number of piperidine rings is 1. The highest BCUT2D eigenvalue weighted by molar-refractivity contribution is 5.93. The number of aliphatic hydroxyl groups is 1. The van der Waals surface area contributed by atoms with Crippen molar-refractivity contribution in [3.63, 3.8) is 0 Å². The Morgan fingerprint density at radius 1 is 0.939 bits per heavy atom. The predicted molar refractivity (Wildman–Crippen MR) is 126 cm³/mol. The molecule has 7 heteroatoms. The van der Waals surface area contributed by atoms with Crippen LogP contribution in [0.3, 0.4) is 0 Å². The van der Waals surface area contributed by atoms with E-state index in [0.29, 0.717) is 31.7 Å². The smallest absolute Gasteiger partial charge is 0.228 e. The van der Waals surface area contributed by atoms with Crippen LogP contribution in [0.4, 0.5) is 10.1 Å². The molecule has 2 atom stereocenters. The van der Waals surface area contributed by atoms with E-state index in [-0.39, 0.29) is 36.7 Å². The summed E-state index contributed by atoms with van der Waals surface area (Å²) in [5.74, 6) is -1.48. The Kier molecular flexibility index (Phi) is 7.32. The summed E-state index contributed by atoms with van der Waals surface area (Å²) >= 11 is 0. The lowest BCUT2D eigenvalue weighted by atomic mass is 9.87. The van der Waals surface area contributed by atoms with Crippen molar-refractivity contribution in [3.8, 4) is 0 Å². The maximum atomic E-state index is 13.2. The lowest BCUT2D eigenvalue weighted by Crippen LogP contribution is -2.49. The van der Waals surface area contributed by atoms with Gasteiger partial charge < -0.3 is 15.7 Å². The van der Waals surface area contributed by atoms with Crippen molar-refractivity contribution in [1.82, 2.24) is 10.2 Å². The summed E-state index contributed by atoms with van der Waals surface area (Å²) < 4.78 is 13.2. The quantitative estimate of drug-likeness (QED) is 0.518. The van der Waals surface area contributed by atoms with E-state index in [0.717, 1.165) is 16.3 Å². The van der Waals surface area contributed by atoms with E-state index >= 15 is 0 Å². The number of aliphatic hydroxyl groups excluding tert-OH is 1. The van der Waals surface area contributed by atoms with Gasteiger partial charge in [-0.3, -0.25) is 14.5 Å². The Labute approximate surface area is 192 Å². The van der Waals surface area contributed by atoms with E-state index in [1.54, 1.807) is 0 Å². The second-order valence-electron chi connectivity index (χ2n) is 8.52. The molecule has 1 fully saturated rings. The molecule has 1 saturated heterocycles. The number of benzene rings is 3. The minimum absolute atomic E-state index is 0.131. The summed E-state index contributed by atoms with van der Waals surface area (Å²) in [6.07, 6.45) is 0.415. The monoisotopic (exact) mass is 449 g/mol. The van der Waals surface area contributed by atoms with Gasteiger partial charge in [0.2, 0.25) is 11.8 Å². The number of rotatable bonds is 7. The molecule has 6 nitrogen and oxygen atoms in total. The third kappa shape index (κ3) is 5.94. The molecule has 2 amide bonds. The molecule has 3 N–H and O–H groups in total. The zero-order valence-electron chi connectivity index (χ0n) is 18.3. The zero-order chi connectivity index (χ0) is 23.2. The Bertz CT molecular complexity index is 1120. The summed E-state index contributed by atoms with van der Waals surface area (Å²) in [5.41, 5.74) is 1.64. The number of anilines is 1. The average Bonchev–Trinajstić information content (AvgIpc) is 2.83. The minimum atomic E-state index is -0.394. The molecular weight excluding hydrogens is 421 g/mol. The van der Waals surface area contributed by atoms with Gasteiger partial charge >= 0.3 is 0 Å². The first-order valence-electron chi connectivity index (χ1n) is 11.2. The fraction of sp³-hybridized carbons (Fsp3) is 0.308. The summed E-state index contributed by atoms with van der Waals surface area (Å²) in [4.78, 5) is 27.8. The van der Waals surface area contributed by atoms with E-state index in [1.807, 2.05) is 12.1 Å². The van der Waals surface area contributed by atoms with Crippen LogP contribution in [0.25, 0.3) is 10.8 Å². The van der Waals surface area contributed by atoms with Crippen LogP contribution in [-0.4, -0.2) is 48.1 Å². The lowest BCUT2D eigenvalue weighted by Gasteiger charge is -2.36. The fourth-order valence-corrected chi connectivity index (χ4v) is 4.40. The minimum Gasteiger partial charge on any atom is -0.395 e. The number of hydrogen-bond acceptors (Lipinski definition) is 4. The van der Waals surface area contributed by atoms with Crippen LogP contribution in [0.2, 0.25) is 0 Å². The van der Waals surface area contributed by atoms with E-state index in [2.05, 4.69) is 45.9 Å². The van der Waals surface area contributed by atoms with Crippen LogP contribution in [0.1, 0.15) is 12.0 Å². The molecule has 0 saturated carbocycles. The molecule has 1 aliphatic rings. The first kappa shape index (κ1) is 22.9. The molecule has 0 radical (unpaired) electrons. The Morgan fingerprint density at radius 2 is 1.64 bits per heavy atom. The highest BCUT2D eigenvalue weighted by Crippen LogP contribution is 2.26. The summed E-state index contributed by atoms with van der Waals surface area (Å²) in [7, 11) is 0. The molecule has 1 heterocycles. The predicted octanol–water partition coefficient (Wildman–Crippen LogP) is 3.16. The number of carbonyl (C=O) groups is 2. The second-order valence-corrected chi connectivity index (χ2v) is 8.52. The average molecular weight is 450 g/mol. The molecule has 33 heavy (non-hydrogen) atoms. The molecule has 0 aliphatic carbocycles.